The monoisotopic (exact) mass is 404 g/mol. The molecule has 1 unspecified atom stereocenters. The second-order valence-corrected chi connectivity index (χ2v) is 6.73. The summed E-state index contributed by atoms with van der Waals surface area (Å²) in [5, 5.41) is 17.3. The van der Waals surface area contributed by atoms with Crippen molar-refractivity contribution in [3.8, 4) is 5.75 Å². The average Bonchev–Trinajstić information content (AvgIpc) is 3.11. The van der Waals surface area contributed by atoms with E-state index in [1.807, 2.05) is 0 Å². The molecule has 0 spiro atoms. The number of rotatable bonds is 7. The minimum atomic E-state index is -0.646. The lowest BCUT2D eigenvalue weighted by atomic mass is 9.95. The van der Waals surface area contributed by atoms with Gasteiger partial charge in [-0.3, -0.25) is 0 Å². The third-order valence-corrected chi connectivity index (χ3v) is 5.06. The summed E-state index contributed by atoms with van der Waals surface area (Å²) in [4.78, 5) is 24.9. The highest BCUT2D eigenvalue weighted by Gasteiger charge is 2.33. The predicted molar refractivity (Wildman–Crippen MR) is 101 cm³/mol. The summed E-state index contributed by atoms with van der Waals surface area (Å²) in [6, 6.07) is 6.09. The number of carbonyl (C=O) groups excluding carboxylic acids is 2. The second kappa shape index (κ2) is 8.74. The highest BCUT2D eigenvalue weighted by Crippen LogP contribution is 2.31. The molecule has 0 fully saturated rings. The van der Waals surface area contributed by atoms with Gasteiger partial charge < -0.3 is 20.1 Å². The quantitative estimate of drug-likeness (QED) is 0.521. The third-order valence-electron chi connectivity index (χ3n) is 4.02. The third kappa shape index (κ3) is 4.25. The molecule has 1 aromatic carbocycles. The zero-order valence-electron chi connectivity index (χ0n) is 15.6. The van der Waals surface area contributed by atoms with Crippen LogP contribution in [0.4, 0.5) is 4.79 Å². The van der Waals surface area contributed by atoms with Crippen molar-refractivity contribution in [3.63, 3.8) is 0 Å². The SMILES string of the molecule is CCOC(=O)C1=C(CSc2nnnn2C)NC(=O)NC1c1ccc(OC)cc1. The number of benzene rings is 1. The van der Waals surface area contributed by atoms with E-state index < -0.39 is 18.0 Å². The first-order chi connectivity index (χ1) is 13.5. The first-order valence-electron chi connectivity index (χ1n) is 8.50. The van der Waals surface area contributed by atoms with E-state index in [-0.39, 0.29) is 6.61 Å². The lowest BCUT2D eigenvalue weighted by molar-refractivity contribution is -0.139. The van der Waals surface area contributed by atoms with Crippen molar-refractivity contribution >= 4 is 23.8 Å². The predicted octanol–water partition coefficient (Wildman–Crippen LogP) is 1.18. The molecule has 3 rings (SSSR count). The molecule has 2 heterocycles. The molecule has 2 N–H and O–H groups in total. The number of nitrogens with one attached hydrogen (secondary N) is 2. The summed E-state index contributed by atoms with van der Waals surface area (Å²) in [6.07, 6.45) is 0. The lowest BCUT2D eigenvalue weighted by Gasteiger charge is -2.29. The van der Waals surface area contributed by atoms with Gasteiger partial charge in [0.1, 0.15) is 5.75 Å². The Balaban J connectivity index is 1.96. The number of ether oxygens (including phenoxy) is 2. The van der Waals surface area contributed by atoms with E-state index in [4.69, 9.17) is 9.47 Å². The molecule has 0 saturated carbocycles. The van der Waals surface area contributed by atoms with Gasteiger partial charge in [-0.2, -0.15) is 0 Å². The van der Waals surface area contributed by atoms with E-state index in [1.165, 1.54) is 16.4 Å². The van der Waals surface area contributed by atoms with E-state index in [2.05, 4.69) is 26.2 Å². The molecule has 1 atom stereocenters. The van der Waals surface area contributed by atoms with Crippen molar-refractivity contribution in [3.05, 3.63) is 41.1 Å². The molecule has 10 nitrogen and oxygen atoms in total. The van der Waals surface area contributed by atoms with E-state index in [9.17, 15) is 9.59 Å². The van der Waals surface area contributed by atoms with Crippen LogP contribution in [-0.4, -0.2) is 51.7 Å². The number of tetrazole rings is 1. The highest BCUT2D eigenvalue weighted by molar-refractivity contribution is 7.99. The van der Waals surface area contributed by atoms with E-state index in [0.29, 0.717) is 27.9 Å². The number of amides is 2. The average molecular weight is 404 g/mol. The molecule has 0 aliphatic carbocycles. The van der Waals surface area contributed by atoms with E-state index in [0.717, 1.165) is 5.56 Å². The van der Waals surface area contributed by atoms with Crippen LogP contribution in [0.3, 0.4) is 0 Å². The summed E-state index contributed by atoms with van der Waals surface area (Å²) in [5.74, 6) is 0.473. The van der Waals surface area contributed by atoms with Gasteiger partial charge in [0.05, 0.1) is 25.3 Å². The molecular formula is C17H20N6O4S. The van der Waals surface area contributed by atoms with Crippen LogP contribution in [0.25, 0.3) is 0 Å². The van der Waals surface area contributed by atoms with Gasteiger partial charge in [-0.1, -0.05) is 23.9 Å². The van der Waals surface area contributed by atoms with Crippen molar-refractivity contribution in [2.45, 2.75) is 18.1 Å². The first-order valence-corrected chi connectivity index (χ1v) is 9.48. The van der Waals surface area contributed by atoms with Crippen molar-refractivity contribution in [2.75, 3.05) is 19.5 Å². The molecule has 0 radical (unpaired) electrons. The van der Waals surface area contributed by atoms with Crippen LogP contribution in [0.5, 0.6) is 5.75 Å². The number of carbonyl (C=O) groups is 2. The minimum absolute atomic E-state index is 0.221. The fraction of sp³-hybridized carbons (Fsp3) is 0.353. The number of nitrogens with zero attached hydrogens (tertiary/aromatic N) is 4. The maximum Gasteiger partial charge on any atom is 0.338 e. The number of hydrogen-bond acceptors (Lipinski definition) is 8. The fourth-order valence-corrected chi connectivity index (χ4v) is 3.53. The van der Waals surface area contributed by atoms with Gasteiger partial charge in [-0.15, -0.1) is 5.10 Å². The van der Waals surface area contributed by atoms with Crippen molar-refractivity contribution in [1.82, 2.24) is 30.8 Å². The number of aryl methyl sites for hydroxylation is 1. The number of aromatic nitrogens is 4. The zero-order chi connectivity index (χ0) is 20.1. The lowest BCUT2D eigenvalue weighted by Crippen LogP contribution is -2.46. The standard InChI is InChI=1S/C17H20N6O4S/c1-4-27-15(24)13-12(9-28-17-20-21-22-23(17)2)18-16(25)19-14(13)10-5-7-11(26-3)8-6-10/h5-8,14H,4,9H2,1-3H3,(H2,18,19,25). The Kier molecular flexibility index (Phi) is 6.14. The Morgan fingerprint density at radius 3 is 2.68 bits per heavy atom. The van der Waals surface area contributed by atoms with E-state index >= 15 is 0 Å². The molecule has 28 heavy (non-hydrogen) atoms. The van der Waals surface area contributed by atoms with Crippen LogP contribution >= 0.6 is 11.8 Å². The van der Waals surface area contributed by atoms with Gasteiger partial charge in [-0.25, -0.2) is 14.3 Å². The van der Waals surface area contributed by atoms with Gasteiger partial charge in [0, 0.05) is 18.5 Å². The molecule has 2 aromatic rings. The Morgan fingerprint density at radius 1 is 1.32 bits per heavy atom. The van der Waals surface area contributed by atoms with Crippen molar-refractivity contribution in [2.24, 2.45) is 7.05 Å². The van der Waals surface area contributed by atoms with Gasteiger partial charge in [0.15, 0.2) is 0 Å². The molecule has 1 aliphatic heterocycles. The topological polar surface area (TPSA) is 120 Å². The van der Waals surface area contributed by atoms with Gasteiger partial charge in [-0.05, 0) is 35.0 Å². The largest absolute Gasteiger partial charge is 0.497 e. The van der Waals surface area contributed by atoms with Crippen molar-refractivity contribution in [1.29, 1.82) is 0 Å². The summed E-state index contributed by atoms with van der Waals surface area (Å²) in [5.41, 5.74) is 1.53. The Bertz CT molecular complexity index is 895. The Labute approximate surface area is 165 Å². The number of thioether (sulfide) groups is 1. The number of hydrogen-bond donors (Lipinski definition) is 2. The smallest absolute Gasteiger partial charge is 0.338 e. The van der Waals surface area contributed by atoms with Crippen LogP contribution in [0.15, 0.2) is 40.7 Å². The molecule has 0 bridgehead atoms. The molecule has 11 heteroatoms. The number of methoxy groups -OCH3 is 1. The summed E-state index contributed by atoms with van der Waals surface area (Å²) < 4.78 is 11.9. The zero-order valence-corrected chi connectivity index (χ0v) is 16.4. The van der Waals surface area contributed by atoms with Crippen LogP contribution < -0.4 is 15.4 Å². The fourth-order valence-electron chi connectivity index (χ4n) is 2.71. The van der Waals surface area contributed by atoms with Crippen LogP contribution in [-0.2, 0) is 16.6 Å². The molecule has 148 valence electrons. The summed E-state index contributed by atoms with van der Waals surface area (Å²) >= 11 is 1.30. The Hall–Kier alpha value is -3.08. The number of esters is 1. The van der Waals surface area contributed by atoms with Crippen molar-refractivity contribution < 1.29 is 19.1 Å². The van der Waals surface area contributed by atoms with Gasteiger partial charge in [0.2, 0.25) is 5.16 Å². The highest BCUT2D eigenvalue weighted by atomic mass is 32.2. The molecule has 1 aromatic heterocycles. The summed E-state index contributed by atoms with van der Waals surface area (Å²) in [7, 11) is 3.28. The van der Waals surface area contributed by atoms with E-state index in [1.54, 1.807) is 45.3 Å². The molecule has 2 amide bonds. The van der Waals surface area contributed by atoms with Gasteiger partial charge >= 0.3 is 12.0 Å². The number of urea groups is 1. The van der Waals surface area contributed by atoms with Crippen LogP contribution in [0.2, 0.25) is 0 Å². The maximum atomic E-state index is 12.7. The molecule has 1 aliphatic rings. The van der Waals surface area contributed by atoms with Gasteiger partial charge in [0.25, 0.3) is 0 Å². The Morgan fingerprint density at radius 2 is 2.07 bits per heavy atom. The maximum absolute atomic E-state index is 12.7. The molecular weight excluding hydrogens is 384 g/mol. The minimum Gasteiger partial charge on any atom is -0.497 e. The first kappa shape index (κ1) is 19.7. The summed E-state index contributed by atoms with van der Waals surface area (Å²) in [6.45, 7) is 1.95. The van der Waals surface area contributed by atoms with Crippen LogP contribution in [0, 0.1) is 0 Å². The molecule has 0 saturated heterocycles. The van der Waals surface area contributed by atoms with Crippen LogP contribution in [0.1, 0.15) is 18.5 Å². The normalized spacial score (nSPS) is 16.4. The second-order valence-electron chi connectivity index (χ2n) is 5.79.